The van der Waals surface area contributed by atoms with E-state index in [4.69, 9.17) is 9.47 Å². The van der Waals surface area contributed by atoms with Gasteiger partial charge in [0, 0.05) is 37.1 Å². The molecule has 1 aliphatic heterocycles. The van der Waals surface area contributed by atoms with Crippen LogP contribution < -0.4 is 10.2 Å². The van der Waals surface area contributed by atoms with Gasteiger partial charge in [-0.2, -0.15) is 0 Å². The zero-order chi connectivity index (χ0) is 23.9. The molecule has 2 aromatic carbocycles. The summed E-state index contributed by atoms with van der Waals surface area (Å²) in [4.78, 5) is 15.2. The smallest absolute Gasteiger partial charge is 0.237 e. The first-order valence-corrected chi connectivity index (χ1v) is 12.3. The summed E-state index contributed by atoms with van der Waals surface area (Å²) in [7, 11) is 1.67. The van der Waals surface area contributed by atoms with E-state index in [1.165, 1.54) is 11.8 Å². The van der Waals surface area contributed by atoms with Gasteiger partial charge in [-0.05, 0) is 44.2 Å². The van der Waals surface area contributed by atoms with Crippen molar-refractivity contribution in [2.45, 2.75) is 30.8 Å². The number of rotatable bonds is 9. The number of carbonyl (C=O) groups excluding carboxylic acids is 1. The molecular formula is C25H31N5O3S. The van der Waals surface area contributed by atoms with Crippen molar-refractivity contribution >= 4 is 29.0 Å². The molecule has 4 rings (SSSR count). The van der Waals surface area contributed by atoms with Crippen molar-refractivity contribution in [3.63, 3.8) is 0 Å². The number of carbonyl (C=O) groups is 1. The molecule has 0 radical (unpaired) electrons. The van der Waals surface area contributed by atoms with Crippen molar-refractivity contribution in [1.82, 2.24) is 14.8 Å². The number of ether oxygens (including phenoxy) is 2. The minimum Gasteiger partial charge on any atom is -0.383 e. The predicted molar refractivity (Wildman–Crippen MR) is 135 cm³/mol. The first-order chi connectivity index (χ1) is 16.5. The molecule has 1 atom stereocenters. The Kier molecular flexibility index (Phi) is 8.21. The third kappa shape index (κ3) is 5.97. The molecule has 8 nitrogen and oxygen atoms in total. The van der Waals surface area contributed by atoms with Crippen molar-refractivity contribution in [3.05, 3.63) is 54.1 Å². The second kappa shape index (κ2) is 11.5. The lowest BCUT2D eigenvalue weighted by molar-refractivity contribution is -0.115. The summed E-state index contributed by atoms with van der Waals surface area (Å²) in [5.74, 6) is 0.692. The van der Waals surface area contributed by atoms with Crippen LogP contribution in [0.2, 0.25) is 0 Å². The van der Waals surface area contributed by atoms with Gasteiger partial charge in [-0.1, -0.05) is 35.5 Å². The van der Waals surface area contributed by atoms with E-state index in [0.29, 0.717) is 18.3 Å². The molecule has 1 amide bonds. The minimum atomic E-state index is -0.352. The van der Waals surface area contributed by atoms with E-state index < -0.39 is 0 Å². The normalized spacial score (nSPS) is 14.7. The van der Waals surface area contributed by atoms with E-state index in [1.54, 1.807) is 7.11 Å². The van der Waals surface area contributed by atoms with Crippen LogP contribution in [0, 0.1) is 6.92 Å². The van der Waals surface area contributed by atoms with Crippen LogP contribution in [-0.2, 0) is 20.8 Å². The number of amides is 1. The quantitative estimate of drug-likeness (QED) is 0.465. The summed E-state index contributed by atoms with van der Waals surface area (Å²) < 4.78 is 12.7. The first kappa shape index (κ1) is 24.3. The van der Waals surface area contributed by atoms with E-state index in [-0.39, 0.29) is 11.2 Å². The third-order valence-electron chi connectivity index (χ3n) is 5.67. The zero-order valence-corrected chi connectivity index (χ0v) is 20.7. The van der Waals surface area contributed by atoms with Crippen LogP contribution in [0.1, 0.15) is 12.5 Å². The number of aromatic nitrogens is 3. The molecule has 0 unspecified atom stereocenters. The summed E-state index contributed by atoms with van der Waals surface area (Å²) >= 11 is 1.39. The van der Waals surface area contributed by atoms with E-state index >= 15 is 0 Å². The Hall–Kier alpha value is -2.88. The van der Waals surface area contributed by atoms with Gasteiger partial charge in [0.05, 0.1) is 31.6 Å². The fraction of sp³-hybridized carbons (Fsp3) is 0.400. The number of nitrogens with zero attached hydrogens (tertiary/aromatic N) is 4. The van der Waals surface area contributed by atoms with E-state index in [9.17, 15) is 4.79 Å². The topological polar surface area (TPSA) is 81.5 Å². The van der Waals surface area contributed by atoms with E-state index in [1.807, 2.05) is 47.9 Å². The predicted octanol–water partition coefficient (Wildman–Crippen LogP) is 3.86. The summed E-state index contributed by atoms with van der Waals surface area (Å²) in [5.41, 5.74) is 4.06. The molecular weight excluding hydrogens is 450 g/mol. The molecule has 0 saturated carbocycles. The van der Waals surface area contributed by atoms with Crippen LogP contribution in [0.25, 0.3) is 11.4 Å². The van der Waals surface area contributed by atoms with Crippen LogP contribution in [0.15, 0.2) is 53.7 Å². The zero-order valence-electron chi connectivity index (χ0n) is 19.9. The highest BCUT2D eigenvalue weighted by atomic mass is 32.2. The number of benzene rings is 2. The minimum absolute atomic E-state index is 0.0810. The maximum atomic E-state index is 12.9. The lowest BCUT2D eigenvalue weighted by atomic mass is 10.1. The SMILES string of the molecule is COCCn1c(S[C@H](C)C(=O)Nc2ccc(N3CCOCC3)cc2)nnc1-c1cccc(C)c1. The van der Waals surface area contributed by atoms with Crippen molar-refractivity contribution < 1.29 is 14.3 Å². The molecule has 1 aromatic heterocycles. The van der Waals surface area contributed by atoms with Crippen LogP contribution in [0.4, 0.5) is 11.4 Å². The van der Waals surface area contributed by atoms with E-state index in [0.717, 1.165) is 54.6 Å². The Labute approximate surface area is 204 Å². The van der Waals surface area contributed by atoms with Crippen LogP contribution in [-0.4, -0.2) is 65.9 Å². The average Bonchev–Trinajstić information content (AvgIpc) is 3.25. The van der Waals surface area contributed by atoms with Gasteiger partial charge in [-0.15, -0.1) is 10.2 Å². The van der Waals surface area contributed by atoms with Crippen molar-refractivity contribution in [2.24, 2.45) is 0 Å². The highest BCUT2D eigenvalue weighted by molar-refractivity contribution is 8.00. The first-order valence-electron chi connectivity index (χ1n) is 11.4. The Bertz CT molecular complexity index is 1100. The highest BCUT2D eigenvalue weighted by Crippen LogP contribution is 2.28. The summed E-state index contributed by atoms with van der Waals surface area (Å²) in [5, 5.41) is 12.2. The largest absolute Gasteiger partial charge is 0.383 e. The molecule has 34 heavy (non-hydrogen) atoms. The van der Waals surface area contributed by atoms with Gasteiger partial charge < -0.3 is 19.7 Å². The lowest BCUT2D eigenvalue weighted by Gasteiger charge is -2.28. The number of anilines is 2. The molecule has 9 heteroatoms. The van der Waals surface area contributed by atoms with Gasteiger partial charge in [0.15, 0.2) is 11.0 Å². The summed E-state index contributed by atoms with van der Waals surface area (Å²) in [6.07, 6.45) is 0. The molecule has 1 N–H and O–H groups in total. The summed E-state index contributed by atoms with van der Waals surface area (Å²) in [6.45, 7) is 8.31. The summed E-state index contributed by atoms with van der Waals surface area (Å²) in [6, 6.07) is 16.1. The Morgan fingerprint density at radius 1 is 1.18 bits per heavy atom. The molecule has 0 spiro atoms. The number of morpholine rings is 1. The molecule has 1 fully saturated rings. The Morgan fingerprint density at radius 2 is 1.94 bits per heavy atom. The number of aryl methyl sites for hydroxylation is 1. The van der Waals surface area contributed by atoms with Gasteiger partial charge in [-0.25, -0.2) is 0 Å². The average molecular weight is 482 g/mol. The van der Waals surface area contributed by atoms with Crippen molar-refractivity contribution in [1.29, 1.82) is 0 Å². The third-order valence-corrected chi connectivity index (χ3v) is 6.76. The molecule has 1 aliphatic rings. The van der Waals surface area contributed by atoms with Crippen molar-refractivity contribution in [3.8, 4) is 11.4 Å². The molecule has 1 saturated heterocycles. The van der Waals surface area contributed by atoms with E-state index in [2.05, 4.69) is 39.5 Å². The molecule has 0 aliphatic carbocycles. The monoisotopic (exact) mass is 481 g/mol. The van der Waals surface area contributed by atoms with Gasteiger partial charge in [-0.3, -0.25) is 9.36 Å². The maximum Gasteiger partial charge on any atom is 0.237 e. The van der Waals surface area contributed by atoms with Crippen LogP contribution in [0.3, 0.4) is 0 Å². The van der Waals surface area contributed by atoms with Crippen LogP contribution >= 0.6 is 11.8 Å². The fourth-order valence-electron chi connectivity index (χ4n) is 3.79. The Morgan fingerprint density at radius 3 is 2.65 bits per heavy atom. The number of methoxy groups -OCH3 is 1. The number of hydrogen-bond donors (Lipinski definition) is 1. The van der Waals surface area contributed by atoms with Gasteiger partial charge >= 0.3 is 0 Å². The number of nitrogens with one attached hydrogen (secondary N) is 1. The second-order valence-electron chi connectivity index (χ2n) is 8.22. The van der Waals surface area contributed by atoms with Gasteiger partial charge in [0.25, 0.3) is 0 Å². The maximum absolute atomic E-state index is 12.9. The van der Waals surface area contributed by atoms with Crippen LogP contribution in [0.5, 0.6) is 0 Å². The Balaban J connectivity index is 1.43. The molecule has 0 bridgehead atoms. The van der Waals surface area contributed by atoms with Crippen molar-refractivity contribution in [2.75, 3.05) is 50.2 Å². The number of hydrogen-bond acceptors (Lipinski definition) is 7. The lowest BCUT2D eigenvalue weighted by Crippen LogP contribution is -2.36. The second-order valence-corrected chi connectivity index (χ2v) is 9.52. The van der Waals surface area contributed by atoms with Gasteiger partial charge in [0.2, 0.25) is 5.91 Å². The molecule has 3 aromatic rings. The molecule has 2 heterocycles. The fourth-order valence-corrected chi connectivity index (χ4v) is 4.67. The standard InChI is InChI=1S/C25H31N5O3S/c1-18-5-4-6-20(17-18)23-27-28-25(30(23)13-14-32-3)34-19(2)24(31)26-21-7-9-22(10-8-21)29-11-15-33-16-12-29/h4-10,17,19H,11-16H2,1-3H3,(H,26,31)/t19-/m1/s1. The van der Waals surface area contributed by atoms with Gasteiger partial charge in [0.1, 0.15) is 0 Å². The number of thioether (sulfide) groups is 1. The molecule has 180 valence electrons. The highest BCUT2D eigenvalue weighted by Gasteiger charge is 2.21.